The van der Waals surface area contributed by atoms with Crippen LogP contribution in [0.15, 0.2) is 0 Å². The normalized spacial score (nSPS) is 21.2. The molecule has 0 aromatic carbocycles. The highest BCUT2D eigenvalue weighted by atomic mass is 32.2. The summed E-state index contributed by atoms with van der Waals surface area (Å²) < 4.78 is 26.9. The second-order valence-electron chi connectivity index (χ2n) is 4.61. The maximum Gasteiger partial charge on any atom is 0.279 e. The fraction of sp³-hybridized carbons (Fsp3) is 1.00. The Morgan fingerprint density at radius 1 is 1.25 bits per heavy atom. The van der Waals surface area contributed by atoms with E-state index in [1.807, 2.05) is 0 Å². The summed E-state index contributed by atoms with van der Waals surface area (Å²) in [4.78, 5) is 2.23. The summed E-state index contributed by atoms with van der Waals surface area (Å²) in [5, 5.41) is 0. The number of nitrogens with zero attached hydrogens (tertiary/aromatic N) is 2. The third kappa shape index (κ3) is 2.92. The summed E-state index contributed by atoms with van der Waals surface area (Å²) in [5.41, 5.74) is 5.64. The van der Waals surface area contributed by atoms with Crippen molar-refractivity contribution in [3.05, 3.63) is 0 Å². The van der Waals surface area contributed by atoms with Crippen LogP contribution in [0.4, 0.5) is 0 Å². The third-order valence-corrected chi connectivity index (χ3v) is 4.75. The fourth-order valence-corrected chi connectivity index (χ4v) is 2.69. The molecule has 0 spiro atoms. The molecular formula is C9H22N4O2S. The molecule has 1 fully saturated rings. The summed E-state index contributed by atoms with van der Waals surface area (Å²) in [5.74, 6) is 0. The first kappa shape index (κ1) is 13.9. The molecule has 1 rings (SSSR count). The third-order valence-electron chi connectivity index (χ3n) is 3.19. The van der Waals surface area contributed by atoms with Gasteiger partial charge >= 0.3 is 0 Å². The SMILES string of the molecule is CNS(=O)(=O)N1CCN(C(C)(C)CN)CC1. The highest BCUT2D eigenvalue weighted by Gasteiger charge is 2.32. The second-order valence-corrected chi connectivity index (χ2v) is 6.49. The zero-order valence-electron chi connectivity index (χ0n) is 10.2. The Bertz CT molecular complexity index is 320. The largest absolute Gasteiger partial charge is 0.329 e. The molecule has 0 aromatic heterocycles. The highest BCUT2D eigenvalue weighted by molar-refractivity contribution is 7.87. The van der Waals surface area contributed by atoms with Crippen molar-refractivity contribution in [3.8, 4) is 0 Å². The molecule has 3 N–H and O–H groups in total. The molecule has 7 heteroatoms. The number of nitrogens with two attached hydrogens (primary N) is 1. The van der Waals surface area contributed by atoms with E-state index in [0.29, 0.717) is 19.6 Å². The minimum absolute atomic E-state index is 0.0600. The van der Waals surface area contributed by atoms with Crippen LogP contribution in [0, 0.1) is 0 Å². The zero-order chi connectivity index (χ0) is 12.4. The molecule has 0 aliphatic carbocycles. The molecule has 0 bridgehead atoms. The van der Waals surface area contributed by atoms with Gasteiger partial charge in [0.15, 0.2) is 0 Å². The average Bonchev–Trinajstić information content (AvgIpc) is 2.29. The minimum atomic E-state index is -3.27. The Kier molecular flexibility index (Phi) is 4.30. The average molecular weight is 250 g/mol. The summed E-state index contributed by atoms with van der Waals surface area (Å²) >= 11 is 0. The zero-order valence-corrected chi connectivity index (χ0v) is 11.0. The topological polar surface area (TPSA) is 78.7 Å². The Balaban J connectivity index is 2.59. The molecule has 0 radical (unpaired) electrons. The molecule has 6 nitrogen and oxygen atoms in total. The van der Waals surface area contributed by atoms with Crippen molar-refractivity contribution in [2.75, 3.05) is 39.8 Å². The first-order chi connectivity index (χ1) is 7.33. The molecule has 16 heavy (non-hydrogen) atoms. The maximum absolute atomic E-state index is 11.6. The quantitative estimate of drug-likeness (QED) is 0.657. The Hall–Kier alpha value is -0.210. The van der Waals surface area contributed by atoms with E-state index in [1.165, 1.54) is 11.4 Å². The van der Waals surface area contributed by atoms with Crippen molar-refractivity contribution < 1.29 is 8.42 Å². The molecule has 1 aliphatic heterocycles. The lowest BCUT2D eigenvalue weighted by atomic mass is 10.0. The van der Waals surface area contributed by atoms with Gasteiger partial charge in [-0.1, -0.05) is 0 Å². The first-order valence-corrected chi connectivity index (χ1v) is 6.91. The van der Waals surface area contributed by atoms with Gasteiger partial charge in [-0.15, -0.1) is 0 Å². The van der Waals surface area contributed by atoms with Crippen LogP contribution < -0.4 is 10.5 Å². The maximum atomic E-state index is 11.6. The van der Waals surface area contributed by atoms with Crippen molar-refractivity contribution in [2.24, 2.45) is 5.73 Å². The molecule has 1 heterocycles. The van der Waals surface area contributed by atoms with Gasteiger partial charge < -0.3 is 5.73 Å². The predicted molar refractivity (Wildman–Crippen MR) is 64.3 cm³/mol. The van der Waals surface area contributed by atoms with Crippen LogP contribution >= 0.6 is 0 Å². The molecular weight excluding hydrogens is 228 g/mol. The molecule has 0 unspecified atom stereocenters. The van der Waals surface area contributed by atoms with E-state index in [2.05, 4.69) is 23.5 Å². The summed E-state index contributed by atoms with van der Waals surface area (Å²) in [6.45, 7) is 7.23. The molecule has 0 amide bonds. The molecule has 0 saturated carbocycles. The van der Waals surface area contributed by atoms with Crippen LogP contribution in [0.2, 0.25) is 0 Å². The summed E-state index contributed by atoms with van der Waals surface area (Å²) in [6.07, 6.45) is 0. The van der Waals surface area contributed by atoms with Crippen LogP contribution in [0.25, 0.3) is 0 Å². The smallest absolute Gasteiger partial charge is 0.279 e. The van der Waals surface area contributed by atoms with E-state index in [0.717, 1.165) is 13.1 Å². The van der Waals surface area contributed by atoms with Crippen LogP contribution in [0.1, 0.15) is 13.8 Å². The van der Waals surface area contributed by atoms with E-state index < -0.39 is 10.2 Å². The molecule has 1 saturated heterocycles. The lowest BCUT2D eigenvalue weighted by Crippen LogP contribution is -2.59. The Morgan fingerprint density at radius 3 is 2.12 bits per heavy atom. The highest BCUT2D eigenvalue weighted by Crippen LogP contribution is 2.16. The van der Waals surface area contributed by atoms with Crippen LogP contribution in [0.5, 0.6) is 0 Å². The first-order valence-electron chi connectivity index (χ1n) is 5.47. The number of rotatable bonds is 4. The molecule has 1 aliphatic rings. The standard InChI is InChI=1S/C9H22N4O2S/c1-9(2,8-10)12-4-6-13(7-5-12)16(14,15)11-3/h11H,4-8,10H2,1-3H3. The summed E-state index contributed by atoms with van der Waals surface area (Å²) in [7, 11) is -1.84. The van der Waals surface area contributed by atoms with Crippen molar-refractivity contribution >= 4 is 10.2 Å². The van der Waals surface area contributed by atoms with Crippen molar-refractivity contribution in [3.63, 3.8) is 0 Å². The van der Waals surface area contributed by atoms with Gasteiger partial charge in [-0.3, -0.25) is 4.90 Å². The molecule has 0 aromatic rings. The van der Waals surface area contributed by atoms with E-state index in [-0.39, 0.29) is 5.54 Å². The minimum Gasteiger partial charge on any atom is -0.329 e. The number of nitrogens with one attached hydrogen (secondary N) is 1. The van der Waals surface area contributed by atoms with Crippen molar-refractivity contribution in [1.82, 2.24) is 13.9 Å². The Labute approximate surface area is 98.0 Å². The molecule has 96 valence electrons. The van der Waals surface area contributed by atoms with Gasteiger partial charge in [0.25, 0.3) is 10.2 Å². The van der Waals surface area contributed by atoms with Crippen LogP contribution in [-0.4, -0.2) is 62.9 Å². The van der Waals surface area contributed by atoms with E-state index in [1.54, 1.807) is 0 Å². The fourth-order valence-electron chi connectivity index (χ4n) is 1.79. The second kappa shape index (κ2) is 4.97. The van der Waals surface area contributed by atoms with Gasteiger partial charge in [0.1, 0.15) is 0 Å². The van der Waals surface area contributed by atoms with E-state index >= 15 is 0 Å². The van der Waals surface area contributed by atoms with Gasteiger partial charge in [-0.25, -0.2) is 4.72 Å². The van der Waals surface area contributed by atoms with E-state index in [9.17, 15) is 8.42 Å². The van der Waals surface area contributed by atoms with Gasteiger partial charge in [-0.05, 0) is 13.8 Å². The van der Waals surface area contributed by atoms with Crippen LogP contribution in [0.3, 0.4) is 0 Å². The summed E-state index contributed by atoms with van der Waals surface area (Å²) in [6, 6.07) is 0. The van der Waals surface area contributed by atoms with Crippen LogP contribution in [-0.2, 0) is 10.2 Å². The van der Waals surface area contributed by atoms with Gasteiger partial charge in [0.05, 0.1) is 0 Å². The Morgan fingerprint density at radius 2 is 1.75 bits per heavy atom. The van der Waals surface area contributed by atoms with E-state index in [4.69, 9.17) is 5.73 Å². The molecule has 0 atom stereocenters. The lowest BCUT2D eigenvalue weighted by molar-refractivity contribution is 0.0847. The van der Waals surface area contributed by atoms with Crippen molar-refractivity contribution in [1.29, 1.82) is 0 Å². The van der Waals surface area contributed by atoms with Crippen molar-refractivity contribution in [2.45, 2.75) is 19.4 Å². The van der Waals surface area contributed by atoms with Gasteiger partial charge in [-0.2, -0.15) is 12.7 Å². The number of piperazine rings is 1. The number of hydrogen-bond donors (Lipinski definition) is 2. The lowest BCUT2D eigenvalue weighted by Gasteiger charge is -2.42. The van der Waals surface area contributed by atoms with Gasteiger partial charge in [0.2, 0.25) is 0 Å². The number of hydrogen-bond acceptors (Lipinski definition) is 4. The predicted octanol–water partition coefficient (Wildman–Crippen LogP) is -1.19. The monoisotopic (exact) mass is 250 g/mol. The van der Waals surface area contributed by atoms with Gasteiger partial charge in [0, 0.05) is 45.3 Å².